The van der Waals surface area contributed by atoms with Crippen molar-refractivity contribution in [2.75, 3.05) is 18.8 Å². The highest BCUT2D eigenvalue weighted by Gasteiger charge is 2.37. The molecule has 2 aromatic rings. The summed E-state index contributed by atoms with van der Waals surface area (Å²) in [4.78, 5) is 26.1. The number of thiophene rings is 1. The summed E-state index contributed by atoms with van der Waals surface area (Å²) in [5.41, 5.74) is 1.24. The summed E-state index contributed by atoms with van der Waals surface area (Å²) < 4.78 is 0. The van der Waals surface area contributed by atoms with E-state index in [1.54, 1.807) is 29.4 Å². The number of nitrogens with one attached hydrogen (secondary N) is 1. The minimum Gasteiger partial charge on any atom is -0.335 e. The Morgan fingerprint density at radius 1 is 1.32 bits per heavy atom. The number of amides is 1. The fourth-order valence-corrected chi connectivity index (χ4v) is 5.84. The molecule has 1 N–H and O–H groups in total. The molecular formula is C17H23ClN4OS2. The second kappa shape index (κ2) is 7.78. The first kappa shape index (κ1) is 18.9. The van der Waals surface area contributed by atoms with Crippen LogP contribution in [0.2, 0.25) is 0 Å². The van der Waals surface area contributed by atoms with E-state index in [-0.39, 0.29) is 18.3 Å². The Labute approximate surface area is 162 Å². The van der Waals surface area contributed by atoms with E-state index >= 15 is 0 Å². The van der Waals surface area contributed by atoms with Crippen molar-refractivity contribution in [3.8, 4) is 0 Å². The van der Waals surface area contributed by atoms with Crippen LogP contribution in [0.15, 0.2) is 11.4 Å². The molecule has 2 atom stereocenters. The highest BCUT2D eigenvalue weighted by atomic mass is 35.5. The number of fused-ring (bicyclic) bond motifs is 3. The highest BCUT2D eigenvalue weighted by Crippen LogP contribution is 2.35. The van der Waals surface area contributed by atoms with Crippen LogP contribution in [0.4, 0.5) is 0 Å². The summed E-state index contributed by atoms with van der Waals surface area (Å²) in [6, 6.07) is 0.801. The third-order valence-electron chi connectivity index (χ3n) is 5.21. The number of carbonyl (C=O) groups is 1. The van der Waals surface area contributed by atoms with Gasteiger partial charge in [0.2, 0.25) is 5.91 Å². The molecule has 1 amide bonds. The Kier molecular flexibility index (Phi) is 5.88. The first-order valence-corrected chi connectivity index (χ1v) is 10.3. The fourth-order valence-electron chi connectivity index (χ4n) is 3.85. The maximum atomic E-state index is 12.8. The Hall–Kier alpha value is -0.890. The summed E-state index contributed by atoms with van der Waals surface area (Å²) in [6.07, 6.45) is 4.98. The molecule has 2 aliphatic heterocycles. The molecule has 2 fully saturated rings. The predicted octanol–water partition coefficient (Wildman–Crippen LogP) is 3.17. The lowest BCUT2D eigenvalue weighted by Gasteiger charge is -2.27. The van der Waals surface area contributed by atoms with Gasteiger partial charge in [0.15, 0.2) is 0 Å². The number of rotatable bonds is 3. The summed E-state index contributed by atoms with van der Waals surface area (Å²) in [7, 11) is 0. The molecule has 0 saturated carbocycles. The number of aryl methyl sites for hydroxylation is 2. The van der Waals surface area contributed by atoms with Crippen LogP contribution in [0.3, 0.4) is 0 Å². The maximum absolute atomic E-state index is 12.8. The fraction of sp³-hybridized carbons (Fsp3) is 0.588. The van der Waals surface area contributed by atoms with E-state index in [9.17, 15) is 4.79 Å². The van der Waals surface area contributed by atoms with Gasteiger partial charge in [-0.15, -0.1) is 23.7 Å². The smallest absolute Gasteiger partial charge is 0.233 e. The van der Waals surface area contributed by atoms with Gasteiger partial charge in [-0.25, -0.2) is 9.97 Å². The van der Waals surface area contributed by atoms with Gasteiger partial charge >= 0.3 is 0 Å². The number of thioether (sulfide) groups is 1. The number of aromatic nitrogens is 2. The molecule has 2 bridgehead atoms. The maximum Gasteiger partial charge on any atom is 0.233 e. The van der Waals surface area contributed by atoms with Crippen molar-refractivity contribution in [2.45, 2.75) is 50.2 Å². The summed E-state index contributed by atoms with van der Waals surface area (Å²) in [6.45, 7) is 6.19. The van der Waals surface area contributed by atoms with E-state index in [1.165, 1.54) is 10.4 Å². The highest BCUT2D eigenvalue weighted by molar-refractivity contribution is 8.00. The van der Waals surface area contributed by atoms with Gasteiger partial charge in [0.05, 0.1) is 5.75 Å². The second-order valence-electron chi connectivity index (χ2n) is 6.61. The Morgan fingerprint density at radius 3 is 2.96 bits per heavy atom. The topological polar surface area (TPSA) is 58.1 Å². The van der Waals surface area contributed by atoms with Gasteiger partial charge in [0.25, 0.3) is 0 Å². The molecule has 0 aliphatic carbocycles. The molecule has 5 nitrogen and oxygen atoms in total. The predicted molar refractivity (Wildman–Crippen MR) is 106 cm³/mol. The third kappa shape index (κ3) is 3.52. The number of nitrogens with zero attached hydrogens (tertiary/aromatic N) is 3. The molecule has 4 rings (SSSR count). The van der Waals surface area contributed by atoms with E-state index in [1.807, 2.05) is 0 Å². The number of carbonyl (C=O) groups excluding carboxylic acids is 1. The van der Waals surface area contributed by atoms with Gasteiger partial charge in [-0.3, -0.25) is 4.79 Å². The Bertz CT molecular complexity index is 767. The Balaban J connectivity index is 0.00000182. The standard InChI is InChI=1S/C17H22N4OS2.ClH/c1-10-11(2)24-17-15(10)16(19-9-20-17)23-8-14(22)21-12-3-4-13(21)7-18-6-5-12;/h9,12-13,18H,3-8H2,1-2H3;1H. The molecule has 0 radical (unpaired) electrons. The average Bonchev–Trinajstić information content (AvgIpc) is 3.00. The van der Waals surface area contributed by atoms with E-state index in [0.29, 0.717) is 17.8 Å². The van der Waals surface area contributed by atoms with Crippen molar-refractivity contribution < 1.29 is 4.79 Å². The number of hydrogen-bond acceptors (Lipinski definition) is 6. The molecular weight excluding hydrogens is 376 g/mol. The normalized spacial score (nSPS) is 22.7. The van der Waals surface area contributed by atoms with Crippen LogP contribution in [0, 0.1) is 13.8 Å². The van der Waals surface area contributed by atoms with Crippen molar-refractivity contribution in [3.05, 3.63) is 16.8 Å². The van der Waals surface area contributed by atoms with E-state index in [4.69, 9.17) is 0 Å². The van der Waals surface area contributed by atoms with Crippen LogP contribution < -0.4 is 5.32 Å². The zero-order chi connectivity index (χ0) is 16.7. The van der Waals surface area contributed by atoms with Gasteiger partial charge in [0, 0.05) is 28.9 Å². The molecule has 8 heteroatoms. The lowest BCUT2D eigenvalue weighted by atomic mass is 10.1. The molecule has 4 heterocycles. The van der Waals surface area contributed by atoms with Crippen LogP contribution in [-0.4, -0.2) is 51.7 Å². The molecule has 2 aliphatic rings. The Morgan fingerprint density at radius 2 is 2.12 bits per heavy atom. The van der Waals surface area contributed by atoms with Gasteiger partial charge in [-0.1, -0.05) is 11.8 Å². The molecule has 2 aromatic heterocycles. The first-order chi connectivity index (χ1) is 11.6. The van der Waals surface area contributed by atoms with E-state index < -0.39 is 0 Å². The lowest BCUT2D eigenvalue weighted by Crippen LogP contribution is -2.43. The van der Waals surface area contributed by atoms with E-state index in [2.05, 4.69) is 34.0 Å². The molecule has 136 valence electrons. The van der Waals surface area contributed by atoms with Crippen LogP contribution in [0.25, 0.3) is 10.2 Å². The van der Waals surface area contributed by atoms with Crippen LogP contribution >= 0.6 is 35.5 Å². The van der Waals surface area contributed by atoms with Crippen molar-refractivity contribution in [2.24, 2.45) is 0 Å². The lowest BCUT2D eigenvalue weighted by molar-refractivity contribution is -0.130. The molecule has 0 spiro atoms. The zero-order valence-corrected chi connectivity index (χ0v) is 16.9. The van der Waals surface area contributed by atoms with Gasteiger partial charge in [-0.2, -0.15) is 0 Å². The summed E-state index contributed by atoms with van der Waals surface area (Å²) in [5.74, 6) is 0.723. The van der Waals surface area contributed by atoms with Crippen LogP contribution in [-0.2, 0) is 4.79 Å². The van der Waals surface area contributed by atoms with Crippen LogP contribution in [0.1, 0.15) is 29.7 Å². The van der Waals surface area contributed by atoms with Crippen molar-refractivity contribution >= 4 is 51.6 Å². The largest absolute Gasteiger partial charge is 0.335 e. The van der Waals surface area contributed by atoms with Gasteiger partial charge in [-0.05, 0) is 45.2 Å². The monoisotopic (exact) mass is 398 g/mol. The van der Waals surface area contributed by atoms with Gasteiger partial charge < -0.3 is 10.2 Å². The first-order valence-electron chi connectivity index (χ1n) is 8.50. The third-order valence-corrected chi connectivity index (χ3v) is 7.29. The molecule has 2 saturated heterocycles. The summed E-state index contributed by atoms with van der Waals surface area (Å²) >= 11 is 3.26. The van der Waals surface area contributed by atoms with Crippen molar-refractivity contribution in [3.63, 3.8) is 0 Å². The van der Waals surface area contributed by atoms with Crippen molar-refractivity contribution in [1.29, 1.82) is 0 Å². The van der Waals surface area contributed by atoms with Gasteiger partial charge in [0.1, 0.15) is 16.2 Å². The minimum atomic E-state index is 0. The molecule has 0 aromatic carbocycles. The average molecular weight is 399 g/mol. The minimum absolute atomic E-state index is 0. The number of hydrogen-bond donors (Lipinski definition) is 1. The van der Waals surface area contributed by atoms with E-state index in [0.717, 1.165) is 47.6 Å². The molecule has 2 unspecified atom stereocenters. The zero-order valence-electron chi connectivity index (χ0n) is 14.4. The van der Waals surface area contributed by atoms with Crippen LogP contribution in [0.5, 0.6) is 0 Å². The van der Waals surface area contributed by atoms with Crippen molar-refractivity contribution in [1.82, 2.24) is 20.2 Å². The summed E-state index contributed by atoms with van der Waals surface area (Å²) in [5, 5.41) is 5.52. The quantitative estimate of drug-likeness (QED) is 0.635. The SMILES string of the molecule is Cc1sc2ncnc(SCC(=O)N3C4CCNCC3CC4)c2c1C.Cl. The second-order valence-corrected chi connectivity index (χ2v) is 8.78. The molecule has 25 heavy (non-hydrogen) atoms. The number of halogens is 1.